The molecule has 1 atom stereocenters. The second-order valence-electron chi connectivity index (χ2n) is 3.62. The first kappa shape index (κ1) is 23.0. The molecule has 0 aliphatic carbocycles. The van der Waals surface area contributed by atoms with Crippen molar-refractivity contribution in [2.45, 2.75) is 38.2 Å². The summed E-state index contributed by atoms with van der Waals surface area (Å²) in [5.74, 6) is -4.83. The number of carbonyl (C=O) groups excluding carboxylic acids is 3. The third-order valence-electron chi connectivity index (χ3n) is 2.01. The first-order valence-electron chi connectivity index (χ1n) is 5.11. The van der Waals surface area contributed by atoms with Crippen molar-refractivity contribution < 1.29 is 51.5 Å². The monoisotopic (exact) mass is 319 g/mol. The summed E-state index contributed by atoms with van der Waals surface area (Å²) >= 11 is 0. The molecule has 0 amide bonds. The van der Waals surface area contributed by atoms with Crippen LogP contribution in [0.5, 0.6) is 0 Å². The molecule has 0 aromatic rings. The summed E-state index contributed by atoms with van der Waals surface area (Å²) in [7, 11) is 0. The zero-order valence-corrected chi connectivity index (χ0v) is 11.6. The Kier molecular flexibility index (Phi) is 13.0. The maximum atomic E-state index is 11.1. The molecule has 0 aromatic heterocycles. The van der Waals surface area contributed by atoms with Gasteiger partial charge in [-0.1, -0.05) is 13.3 Å². The van der Waals surface area contributed by atoms with Gasteiger partial charge < -0.3 is 35.8 Å². The Morgan fingerprint density at radius 1 is 1.21 bits per heavy atom. The molecule has 0 bridgehead atoms. The molecule has 0 fully saturated rings. The van der Waals surface area contributed by atoms with Crippen molar-refractivity contribution >= 4 is 17.9 Å². The van der Waals surface area contributed by atoms with Crippen LogP contribution in [0.15, 0.2) is 0 Å². The van der Waals surface area contributed by atoms with Gasteiger partial charge in [-0.05, 0) is 6.42 Å². The third-order valence-corrected chi connectivity index (χ3v) is 2.01. The van der Waals surface area contributed by atoms with E-state index in [1.807, 2.05) is 6.92 Å². The molecule has 0 rings (SSSR count). The van der Waals surface area contributed by atoms with Crippen LogP contribution < -0.4 is 16.4 Å². The molecule has 0 spiro atoms. The summed E-state index contributed by atoms with van der Waals surface area (Å²) in [6.07, 6.45) is -0.835. The largest absolute Gasteiger partial charge is 3.00 e. The number of ether oxygens (including phenoxy) is 1. The van der Waals surface area contributed by atoms with Gasteiger partial charge in [-0.3, -0.25) is 4.79 Å². The van der Waals surface area contributed by atoms with Crippen molar-refractivity contribution in [2.24, 2.45) is 0 Å². The molecule has 0 aromatic carbocycles. The number of hydrogen-bond acceptors (Lipinski definition) is 8. The number of carboxylic acids is 2. The summed E-state index contributed by atoms with van der Waals surface area (Å²) in [5, 5.41) is 30.2. The van der Waals surface area contributed by atoms with Gasteiger partial charge in [-0.2, -0.15) is 0 Å². The molecule has 4 N–H and O–H groups in total. The Bertz CT molecular complexity index is 310. The zero-order chi connectivity index (χ0) is 13.5. The van der Waals surface area contributed by atoms with Crippen LogP contribution in [0.3, 0.4) is 0 Å². The quantitative estimate of drug-likeness (QED) is 0.282. The summed E-state index contributed by atoms with van der Waals surface area (Å²) in [6.45, 7) is 1.95. The van der Waals surface area contributed by atoms with Crippen molar-refractivity contribution in [2.75, 3.05) is 6.61 Å². The van der Waals surface area contributed by atoms with Crippen LogP contribution in [0.2, 0.25) is 0 Å². The van der Waals surface area contributed by atoms with Gasteiger partial charge in [0.25, 0.3) is 0 Å². The van der Waals surface area contributed by atoms with Crippen LogP contribution in [-0.4, -0.2) is 35.2 Å². The second kappa shape index (κ2) is 10.7. The Labute approximate surface area is 121 Å². The molecular weight excluding hydrogens is 302 g/mol. The third kappa shape index (κ3) is 9.43. The van der Waals surface area contributed by atoms with E-state index >= 15 is 0 Å². The van der Waals surface area contributed by atoms with E-state index in [-0.39, 0.29) is 29.8 Å². The minimum absolute atomic E-state index is 0. The minimum Gasteiger partial charge on any atom is -0.550 e. The average molecular weight is 319 g/mol. The van der Waals surface area contributed by atoms with Crippen molar-refractivity contribution in [3.63, 3.8) is 0 Å². The molecule has 8 nitrogen and oxygen atoms in total. The number of aliphatic hydroxyl groups is 1. The topological polar surface area (TPSA) is 162 Å². The van der Waals surface area contributed by atoms with Gasteiger partial charge in [0.1, 0.15) is 5.60 Å². The van der Waals surface area contributed by atoms with E-state index < -0.39 is 36.4 Å². The molecule has 0 saturated heterocycles. The molecule has 0 heterocycles. The molecule has 111 valence electrons. The fraction of sp³-hybridized carbons (Fsp3) is 0.700. The Balaban J connectivity index is -0.00000128. The second-order valence-corrected chi connectivity index (χ2v) is 3.62. The molecule has 9 heteroatoms. The fourth-order valence-corrected chi connectivity index (χ4v) is 1.07. The van der Waals surface area contributed by atoms with E-state index in [0.717, 1.165) is 6.42 Å². The van der Waals surface area contributed by atoms with E-state index in [4.69, 9.17) is 0 Å². The van der Waals surface area contributed by atoms with Crippen molar-refractivity contribution in [3.8, 4) is 0 Å². The first-order valence-corrected chi connectivity index (χ1v) is 5.11. The minimum atomic E-state index is -2.79. The van der Waals surface area contributed by atoms with Crippen LogP contribution >= 0.6 is 0 Å². The van der Waals surface area contributed by atoms with E-state index in [2.05, 4.69) is 4.74 Å². The first-order chi connectivity index (χ1) is 7.81. The molecule has 1 radical (unpaired) electrons. The number of rotatable bonds is 8. The molecule has 0 saturated carbocycles. The predicted octanol–water partition coefficient (Wildman–Crippen LogP) is -2.50. The fourth-order valence-electron chi connectivity index (χ4n) is 1.07. The van der Waals surface area contributed by atoms with E-state index in [0.29, 0.717) is 6.42 Å². The smallest absolute Gasteiger partial charge is 0.550 e. The van der Waals surface area contributed by atoms with Crippen LogP contribution in [0, 0.1) is 0 Å². The molecule has 0 aliphatic rings. The summed E-state index contributed by atoms with van der Waals surface area (Å²) in [4.78, 5) is 31.9. The Hall–Kier alpha value is -1.15. The summed E-state index contributed by atoms with van der Waals surface area (Å²) in [5.41, 5.74) is -2.79. The number of unbranched alkanes of at least 4 members (excludes halogenated alkanes) is 1. The maximum Gasteiger partial charge on any atom is 3.00 e. The van der Waals surface area contributed by atoms with E-state index in [1.54, 1.807) is 0 Å². The molecule has 19 heavy (non-hydrogen) atoms. The van der Waals surface area contributed by atoms with Gasteiger partial charge in [0.2, 0.25) is 0 Å². The van der Waals surface area contributed by atoms with Crippen LogP contribution in [0.4, 0.5) is 0 Å². The van der Waals surface area contributed by atoms with Crippen LogP contribution in [0.25, 0.3) is 0 Å². The van der Waals surface area contributed by atoms with Crippen molar-refractivity contribution in [1.82, 2.24) is 6.15 Å². The van der Waals surface area contributed by atoms with Crippen molar-refractivity contribution in [1.29, 1.82) is 0 Å². The normalized spacial score (nSPS) is 12.3. The SMILES string of the molecule is CCCCOC(=O)CC(O)(CC(=O)[O-])C(=O)[O-].N.[Fe+3]. The Morgan fingerprint density at radius 2 is 1.74 bits per heavy atom. The average Bonchev–Trinajstić information content (AvgIpc) is 2.16. The van der Waals surface area contributed by atoms with Gasteiger partial charge in [0.05, 0.1) is 19.0 Å². The van der Waals surface area contributed by atoms with Gasteiger partial charge in [0.15, 0.2) is 0 Å². The van der Waals surface area contributed by atoms with Gasteiger partial charge in [-0.15, -0.1) is 0 Å². The zero-order valence-electron chi connectivity index (χ0n) is 10.5. The number of aliphatic carboxylic acids is 2. The molecule has 0 aliphatic heterocycles. The molecule has 1 unspecified atom stereocenters. The van der Waals surface area contributed by atoms with Crippen LogP contribution in [-0.2, 0) is 36.2 Å². The molecular formula is C10H17FeNO7+. The Morgan fingerprint density at radius 3 is 2.11 bits per heavy atom. The standard InChI is InChI=1S/C10H16O7.Fe.H3N/c1-2-3-4-17-8(13)6-10(16,9(14)15)5-7(11)12;;/h16H,2-6H2,1H3,(H,11,12)(H,14,15);;1H3/q;+3;/p-2. The van der Waals surface area contributed by atoms with E-state index in [1.165, 1.54) is 0 Å². The number of carboxylic acid groups (broad SMARTS) is 2. The van der Waals surface area contributed by atoms with E-state index in [9.17, 15) is 29.7 Å². The number of esters is 1. The van der Waals surface area contributed by atoms with Gasteiger partial charge in [0, 0.05) is 12.4 Å². The summed E-state index contributed by atoms with van der Waals surface area (Å²) in [6, 6.07) is 0. The maximum absolute atomic E-state index is 11.1. The van der Waals surface area contributed by atoms with Crippen LogP contribution in [0.1, 0.15) is 32.6 Å². The summed E-state index contributed by atoms with van der Waals surface area (Å²) < 4.78 is 4.61. The van der Waals surface area contributed by atoms with Gasteiger partial charge in [-0.25, -0.2) is 0 Å². The van der Waals surface area contributed by atoms with Gasteiger partial charge >= 0.3 is 23.0 Å². The number of carbonyl (C=O) groups is 3. The number of hydrogen-bond donors (Lipinski definition) is 2. The predicted molar refractivity (Wildman–Crippen MR) is 55.1 cm³/mol. The van der Waals surface area contributed by atoms with Crippen molar-refractivity contribution in [3.05, 3.63) is 0 Å².